The third-order valence-corrected chi connectivity index (χ3v) is 4.29. The maximum atomic E-state index is 12.3. The van der Waals surface area contributed by atoms with Crippen LogP contribution in [0.3, 0.4) is 0 Å². The minimum Gasteiger partial charge on any atom is -0.352 e. The van der Waals surface area contributed by atoms with Crippen molar-refractivity contribution in [3.63, 3.8) is 0 Å². The molecule has 0 saturated heterocycles. The standard InChI is InChI=1S/C18H28N2O3S/c1-17(2,13-18(3,4)20-24(5,22)23)14-19-16(21)15-11-9-7-6-8-10-12-15/h6-12,20H,13-14H2,1-5H3,(H,19,21)/b7-6-,8-6?,9-7?,10-8-,11-9-,12-10?,15-11?,15-12+. The minimum absolute atomic E-state index is 0.145. The van der Waals surface area contributed by atoms with Crippen LogP contribution in [0.5, 0.6) is 0 Å². The summed E-state index contributed by atoms with van der Waals surface area (Å²) in [6.07, 6.45) is 14.5. The molecule has 0 aliphatic heterocycles. The van der Waals surface area contributed by atoms with Gasteiger partial charge in [-0.2, -0.15) is 0 Å². The summed E-state index contributed by atoms with van der Waals surface area (Å²) in [5.41, 5.74) is -0.271. The highest BCUT2D eigenvalue weighted by atomic mass is 32.2. The molecular weight excluding hydrogens is 324 g/mol. The van der Waals surface area contributed by atoms with Crippen molar-refractivity contribution >= 4 is 15.9 Å². The molecule has 134 valence electrons. The summed E-state index contributed by atoms with van der Waals surface area (Å²) in [5.74, 6) is -0.145. The van der Waals surface area contributed by atoms with Gasteiger partial charge in [0.1, 0.15) is 0 Å². The van der Waals surface area contributed by atoms with Crippen molar-refractivity contribution in [1.29, 1.82) is 0 Å². The summed E-state index contributed by atoms with van der Waals surface area (Å²) in [6, 6.07) is 0. The zero-order chi connectivity index (χ0) is 18.4. The fraction of sp³-hybridized carbons (Fsp3) is 0.500. The lowest BCUT2D eigenvalue weighted by Gasteiger charge is -2.35. The van der Waals surface area contributed by atoms with Crippen molar-refractivity contribution in [1.82, 2.24) is 10.0 Å². The van der Waals surface area contributed by atoms with Crippen LogP contribution in [0.15, 0.2) is 48.1 Å². The molecule has 0 aromatic carbocycles. The molecule has 0 atom stereocenters. The van der Waals surface area contributed by atoms with E-state index in [-0.39, 0.29) is 11.3 Å². The summed E-state index contributed by atoms with van der Waals surface area (Å²) < 4.78 is 25.6. The molecule has 0 radical (unpaired) electrons. The van der Waals surface area contributed by atoms with Gasteiger partial charge in [-0.15, -0.1) is 0 Å². The Morgan fingerprint density at radius 2 is 1.62 bits per heavy atom. The summed E-state index contributed by atoms with van der Waals surface area (Å²) in [4.78, 5) is 12.3. The first kappa shape index (κ1) is 20.4. The molecule has 0 heterocycles. The van der Waals surface area contributed by atoms with Gasteiger partial charge in [-0.3, -0.25) is 4.79 Å². The van der Waals surface area contributed by atoms with Gasteiger partial charge in [0.2, 0.25) is 10.0 Å². The van der Waals surface area contributed by atoms with Crippen LogP contribution >= 0.6 is 0 Å². The van der Waals surface area contributed by atoms with Crippen molar-refractivity contribution < 1.29 is 13.2 Å². The third-order valence-electron chi connectivity index (χ3n) is 3.37. The van der Waals surface area contributed by atoms with E-state index in [4.69, 9.17) is 0 Å². The number of carbonyl (C=O) groups excluding carboxylic acids is 1. The molecule has 0 saturated carbocycles. The summed E-state index contributed by atoms with van der Waals surface area (Å²) in [5, 5.41) is 2.93. The predicted octanol–water partition coefficient (Wildman–Crippen LogP) is 2.46. The summed E-state index contributed by atoms with van der Waals surface area (Å²) in [6.45, 7) is 8.14. The first-order valence-corrected chi connectivity index (χ1v) is 9.78. The molecular formula is C18H28N2O3S. The number of nitrogens with one attached hydrogen (secondary N) is 2. The van der Waals surface area contributed by atoms with Crippen molar-refractivity contribution in [3.8, 4) is 0 Å². The zero-order valence-corrected chi connectivity index (χ0v) is 15.9. The van der Waals surface area contributed by atoms with Crippen LogP contribution in [0.1, 0.15) is 34.1 Å². The van der Waals surface area contributed by atoms with E-state index in [1.807, 2.05) is 58.1 Å². The Morgan fingerprint density at radius 3 is 2.25 bits per heavy atom. The van der Waals surface area contributed by atoms with E-state index in [1.165, 1.54) is 0 Å². The molecule has 0 aromatic heterocycles. The first-order chi connectivity index (χ1) is 10.9. The van der Waals surface area contributed by atoms with Gasteiger partial charge in [0, 0.05) is 17.7 Å². The molecule has 1 amide bonds. The van der Waals surface area contributed by atoms with Crippen molar-refractivity contribution in [2.24, 2.45) is 5.41 Å². The zero-order valence-electron chi connectivity index (χ0n) is 15.1. The Labute approximate surface area is 145 Å². The molecule has 1 aliphatic rings. The summed E-state index contributed by atoms with van der Waals surface area (Å²) in [7, 11) is -3.28. The Bertz CT molecular complexity index is 681. The number of sulfonamides is 1. The van der Waals surface area contributed by atoms with E-state index in [2.05, 4.69) is 10.0 Å². The Kier molecular flexibility index (Phi) is 6.75. The maximum Gasteiger partial charge on any atom is 0.251 e. The maximum absolute atomic E-state index is 12.3. The first-order valence-electron chi connectivity index (χ1n) is 7.89. The second-order valence-electron chi connectivity index (χ2n) is 7.53. The van der Waals surface area contributed by atoms with E-state index in [9.17, 15) is 13.2 Å². The number of hydrogen-bond acceptors (Lipinski definition) is 3. The highest BCUT2D eigenvalue weighted by Crippen LogP contribution is 2.27. The number of allylic oxidation sites excluding steroid dienone is 6. The molecule has 24 heavy (non-hydrogen) atoms. The molecule has 0 bridgehead atoms. The predicted molar refractivity (Wildman–Crippen MR) is 99.0 cm³/mol. The van der Waals surface area contributed by atoms with Crippen molar-refractivity contribution in [2.45, 2.75) is 39.7 Å². The average Bonchev–Trinajstić information content (AvgIpc) is 2.31. The van der Waals surface area contributed by atoms with Gasteiger partial charge in [0.25, 0.3) is 5.91 Å². The van der Waals surface area contributed by atoms with Crippen LogP contribution in [0, 0.1) is 5.41 Å². The van der Waals surface area contributed by atoms with Crippen LogP contribution in [0.25, 0.3) is 0 Å². The smallest absolute Gasteiger partial charge is 0.251 e. The topological polar surface area (TPSA) is 75.3 Å². The summed E-state index contributed by atoms with van der Waals surface area (Å²) >= 11 is 0. The second-order valence-corrected chi connectivity index (χ2v) is 9.28. The van der Waals surface area contributed by atoms with Crippen LogP contribution < -0.4 is 10.0 Å². The largest absolute Gasteiger partial charge is 0.352 e. The fourth-order valence-electron chi connectivity index (χ4n) is 2.94. The Balaban J connectivity index is 2.66. The van der Waals surface area contributed by atoms with Crippen LogP contribution in [-0.4, -0.2) is 32.7 Å². The molecule has 6 heteroatoms. The quantitative estimate of drug-likeness (QED) is 0.739. The number of hydrogen-bond donors (Lipinski definition) is 2. The lowest BCUT2D eigenvalue weighted by Crippen LogP contribution is -2.48. The monoisotopic (exact) mass is 352 g/mol. The van der Waals surface area contributed by atoms with Crippen LogP contribution in [0.4, 0.5) is 0 Å². The van der Waals surface area contributed by atoms with E-state index < -0.39 is 15.6 Å². The Hall–Kier alpha value is -1.66. The minimum atomic E-state index is -3.28. The molecule has 0 spiro atoms. The van der Waals surface area contributed by atoms with E-state index >= 15 is 0 Å². The average molecular weight is 353 g/mol. The van der Waals surface area contributed by atoms with Crippen molar-refractivity contribution in [2.75, 3.05) is 12.8 Å². The molecule has 1 rings (SSSR count). The molecule has 0 aromatic rings. The van der Waals surface area contributed by atoms with Gasteiger partial charge in [-0.05, 0) is 37.8 Å². The molecule has 1 aliphatic carbocycles. The lowest BCUT2D eigenvalue weighted by molar-refractivity contribution is -0.117. The lowest BCUT2D eigenvalue weighted by atomic mass is 9.80. The van der Waals surface area contributed by atoms with E-state index in [0.717, 1.165) is 6.26 Å². The van der Waals surface area contributed by atoms with Gasteiger partial charge in [0.15, 0.2) is 0 Å². The molecule has 2 N–H and O–H groups in total. The van der Waals surface area contributed by atoms with Crippen molar-refractivity contribution in [3.05, 3.63) is 48.1 Å². The van der Waals surface area contributed by atoms with E-state index in [1.54, 1.807) is 12.2 Å². The molecule has 5 nitrogen and oxygen atoms in total. The SMILES string of the molecule is CC(C)(CNC(=O)C1=C/C=C\C=C/C=C\1)CC(C)(C)NS(C)(=O)=O. The highest BCUT2D eigenvalue weighted by Gasteiger charge is 2.31. The molecule has 0 fully saturated rings. The van der Waals surface area contributed by atoms with Gasteiger partial charge in [-0.1, -0.05) is 44.2 Å². The highest BCUT2D eigenvalue weighted by molar-refractivity contribution is 7.88. The van der Waals surface area contributed by atoms with Gasteiger partial charge < -0.3 is 5.32 Å². The molecule has 0 unspecified atom stereocenters. The van der Waals surface area contributed by atoms with Crippen LogP contribution in [-0.2, 0) is 14.8 Å². The third kappa shape index (κ3) is 8.26. The Morgan fingerprint density at radius 1 is 1.04 bits per heavy atom. The van der Waals surface area contributed by atoms with Gasteiger partial charge in [0.05, 0.1) is 6.26 Å². The normalized spacial score (nSPS) is 21.8. The second kappa shape index (κ2) is 7.94. The number of amides is 1. The number of carbonyl (C=O) groups is 1. The van der Waals surface area contributed by atoms with Gasteiger partial charge >= 0.3 is 0 Å². The van der Waals surface area contributed by atoms with E-state index in [0.29, 0.717) is 18.5 Å². The van der Waals surface area contributed by atoms with Gasteiger partial charge in [-0.25, -0.2) is 13.1 Å². The number of rotatable bonds is 7. The fourth-order valence-corrected chi connectivity index (χ4v) is 4.01. The van der Waals surface area contributed by atoms with Crippen LogP contribution in [0.2, 0.25) is 0 Å².